The smallest absolute Gasteiger partial charge is 0.250 e. The fraction of sp³-hybridized carbons (Fsp3) is 0.208. The molecule has 0 aliphatic carbocycles. The van der Waals surface area contributed by atoms with Crippen molar-refractivity contribution in [3.8, 4) is 5.69 Å². The molecule has 0 bridgehead atoms. The molecule has 3 aromatic carbocycles. The second-order valence-corrected chi connectivity index (χ2v) is 7.75. The molecule has 5 rings (SSSR count). The predicted molar refractivity (Wildman–Crippen MR) is 118 cm³/mol. The van der Waals surface area contributed by atoms with Crippen molar-refractivity contribution >= 4 is 5.95 Å². The molecule has 1 fully saturated rings. The van der Waals surface area contributed by atoms with E-state index in [1.807, 2.05) is 30.3 Å². The topological polar surface area (TPSA) is 50.1 Å². The lowest BCUT2D eigenvalue weighted by Gasteiger charge is -2.39. The molecule has 0 radical (unpaired) electrons. The molecule has 4 aromatic rings. The quantitative estimate of drug-likeness (QED) is 0.480. The first-order valence-electron chi connectivity index (χ1n) is 10.5. The molecular formula is C24H22F2N6. The highest BCUT2D eigenvalue weighted by Gasteiger charge is 2.28. The van der Waals surface area contributed by atoms with E-state index in [1.54, 1.807) is 28.9 Å². The summed E-state index contributed by atoms with van der Waals surface area (Å²) >= 11 is 0. The van der Waals surface area contributed by atoms with Gasteiger partial charge in [0.25, 0.3) is 0 Å². The van der Waals surface area contributed by atoms with Gasteiger partial charge in [-0.25, -0.2) is 8.78 Å². The van der Waals surface area contributed by atoms with E-state index in [1.165, 1.54) is 24.3 Å². The molecule has 32 heavy (non-hydrogen) atoms. The molecule has 0 saturated carbocycles. The first-order chi connectivity index (χ1) is 15.7. The highest BCUT2D eigenvalue weighted by Crippen LogP contribution is 2.30. The summed E-state index contributed by atoms with van der Waals surface area (Å²) < 4.78 is 28.8. The normalized spacial score (nSPS) is 14.8. The molecular weight excluding hydrogens is 410 g/mol. The van der Waals surface area contributed by atoms with E-state index in [2.05, 4.69) is 25.3 Å². The van der Waals surface area contributed by atoms with Crippen LogP contribution in [0.5, 0.6) is 0 Å². The second-order valence-electron chi connectivity index (χ2n) is 7.75. The molecule has 0 unspecified atom stereocenters. The molecule has 0 atom stereocenters. The van der Waals surface area contributed by atoms with Crippen molar-refractivity contribution in [1.29, 1.82) is 0 Å². The third-order valence-electron chi connectivity index (χ3n) is 5.79. The Morgan fingerprint density at radius 3 is 1.81 bits per heavy atom. The second kappa shape index (κ2) is 8.84. The SMILES string of the molecule is Fc1ccc(C(c2ccc(F)cc2)N2CCN(c3nnnn3-c3ccccc3)CC2)cc1. The van der Waals surface area contributed by atoms with Crippen LogP contribution in [0.25, 0.3) is 5.69 Å². The molecule has 162 valence electrons. The van der Waals surface area contributed by atoms with E-state index >= 15 is 0 Å². The summed E-state index contributed by atoms with van der Waals surface area (Å²) in [6.45, 7) is 2.96. The van der Waals surface area contributed by atoms with Crippen molar-refractivity contribution < 1.29 is 8.78 Å². The highest BCUT2D eigenvalue weighted by atomic mass is 19.1. The first kappa shape index (κ1) is 20.3. The standard InChI is InChI=1S/C24H22F2N6/c25-20-10-6-18(7-11-20)23(19-8-12-21(26)13-9-19)30-14-16-31(17-15-30)24-27-28-29-32(24)22-4-2-1-3-5-22/h1-13,23H,14-17H2. The van der Waals surface area contributed by atoms with Crippen molar-refractivity contribution in [2.24, 2.45) is 0 Å². The zero-order valence-electron chi connectivity index (χ0n) is 17.4. The Bertz CT molecular complexity index is 1110. The van der Waals surface area contributed by atoms with Gasteiger partial charge in [0.1, 0.15) is 11.6 Å². The summed E-state index contributed by atoms with van der Waals surface area (Å²) in [4.78, 5) is 4.49. The zero-order chi connectivity index (χ0) is 21.9. The van der Waals surface area contributed by atoms with Crippen LogP contribution in [0.3, 0.4) is 0 Å². The van der Waals surface area contributed by atoms with Crippen LogP contribution < -0.4 is 4.90 Å². The van der Waals surface area contributed by atoms with Gasteiger partial charge in [0.2, 0.25) is 5.95 Å². The summed E-state index contributed by atoms with van der Waals surface area (Å²) in [6.07, 6.45) is 0. The Morgan fingerprint density at radius 1 is 0.688 bits per heavy atom. The number of anilines is 1. The maximum absolute atomic E-state index is 13.5. The van der Waals surface area contributed by atoms with Gasteiger partial charge in [0.05, 0.1) is 11.7 Å². The molecule has 0 amide bonds. The Labute approximate surface area is 184 Å². The Kier molecular flexibility index (Phi) is 5.60. The third kappa shape index (κ3) is 4.09. The Hall–Kier alpha value is -3.65. The number of aromatic nitrogens is 4. The molecule has 8 heteroatoms. The number of halogens is 2. The summed E-state index contributed by atoms with van der Waals surface area (Å²) in [5.41, 5.74) is 2.85. The van der Waals surface area contributed by atoms with Crippen molar-refractivity contribution in [2.45, 2.75) is 6.04 Å². The van der Waals surface area contributed by atoms with Crippen molar-refractivity contribution in [3.63, 3.8) is 0 Å². The number of hydrogen-bond acceptors (Lipinski definition) is 5. The number of benzene rings is 3. The maximum Gasteiger partial charge on any atom is 0.250 e. The van der Waals surface area contributed by atoms with Crippen LogP contribution in [-0.2, 0) is 0 Å². The monoisotopic (exact) mass is 432 g/mol. The number of nitrogens with zero attached hydrogens (tertiary/aromatic N) is 6. The van der Waals surface area contributed by atoms with Gasteiger partial charge >= 0.3 is 0 Å². The molecule has 0 N–H and O–H groups in total. The number of piperazine rings is 1. The lowest BCUT2D eigenvalue weighted by Crippen LogP contribution is -2.48. The van der Waals surface area contributed by atoms with Crippen molar-refractivity contribution in [3.05, 3.63) is 102 Å². The minimum Gasteiger partial charge on any atom is -0.337 e. The van der Waals surface area contributed by atoms with Gasteiger partial charge in [-0.15, -0.1) is 0 Å². The number of para-hydroxylation sites is 1. The summed E-state index contributed by atoms with van der Waals surface area (Å²) in [5.74, 6) is 0.157. The molecule has 1 aromatic heterocycles. The highest BCUT2D eigenvalue weighted by molar-refractivity contribution is 5.41. The summed E-state index contributed by atoms with van der Waals surface area (Å²) in [5, 5.41) is 12.3. The van der Waals surface area contributed by atoms with E-state index in [0.29, 0.717) is 5.95 Å². The predicted octanol–water partition coefficient (Wildman–Crippen LogP) is 3.85. The molecule has 6 nitrogen and oxygen atoms in total. The van der Waals surface area contributed by atoms with Crippen LogP contribution in [0.15, 0.2) is 78.9 Å². The fourth-order valence-corrected chi connectivity index (χ4v) is 4.20. The van der Waals surface area contributed by atoms with Gasteiger partial charge < -0.3 is 4.90 Å². The number of tetrazole rings is 1. The molecule has 1 saturated heterocycles. The van der Waals surface area contributed by atoms with Gasteiger partial charge in [-0.2, -0.15) is 4.68 Å². The van der Waals surface area contributed by atoms with Crippen LogP contribution >= 0.6 is 0 Å². The minimum atomic E-state index is -0.274. The van der Waals surface area contributed by atoms with Crippen LogP contribution in [-0.4, -0.2) is 51.3 Å². The Balaban J connectivity index is 1.38. The van der Waals surface area contributed by atoms with E-state index in [0.717, 1.165) is 43.0 Å². The summed E-state index contributed by atoms with van der Waals surface area (Å²) in [7, 11) is 0. The van der Waals surface area contributed by atoms with E-state index < -0.39 is 0 Å². The number of rotatable bonds is 5. The zero-order valence-corrected chi connectivity index (χ0v) is 17.4. The van der Waals surface area contributed by atoms with Crippen LogP contribution in [0.2, 0.25) is 0 Å². The first-order valence-corrected chi connectivity index (χ1v) is 10.5. The van der Waals surface area contributed by atoms with Gasteiger partial charge in [-0.05, 0) is 58.0 Å². The van der Waals surface area contributed by atoms with E-state index in [-0.39, 0.29) is 17.7 Å². The maximum atomic E-state index is 13.5. The van der Waals surface area contributed by atoms with Crippen molar-refractivity contribution in [1.82, 2.24) is 25.1 Å². The van der Waals surface area contributed by atoms with Crippen LogP contribution in [0, 0.1) is 11.6 Å². The van der Waals surface area contributed by atoms with Gasteiger partial charge in [-0.1, -0.05) is 47.6 Å². The van der Waals surface area contributed by atoms with Gasteiger partial charge in [0, 0.05) is 26.2 Å². The fourth-order valence-electron chi connectivity index (χ4n) is 4.20. The molecule has 1 aliphatic heterocycles. The van der Waals surface area contributed by atoms with Crippen LogP contribution in [0.4, 0.5) is 14.7 Å². The van der Waals surface area contributed by atoms with Gasteiger partial charge in [-0.3, -0.25) is 4.90 Å². The lowest BCUT2D eigenvalue weighted by atomic mass is 9.96. The van der Waals surface area contributed by atoms with Crippen molar-refractivity contribution in [2.75, 3.05) is 31.1 Å². The average Bonchev–Trinajstić information content (AvgIpc) is 3.33. The average molecular weight is 432 g/mol. The minimum absolute atomic E-state index is 0.0940. The molecule has 0 spiro atoms. The third-order valence-corrected chi connectivity index (χ3v) is 5.79. The van der Waals surface area contributed by atoms with E-state index in [4.69, 9.17) is 0 Å². The Morgan fingerprint density at radius 2 is 1.25 bits per heavy atom. The van der Waals surface area contributed by atoms with Crippen LogP contribution in [0.1, 0.15) is 17.2 Å². The molecule has 1 aliphatic rings. The number of hydrogen-bond donors (Lipinski definition) is 0. The molecule has 2 heterocycles. The van der Waals surface area contributed by atoms with Gasteiger partial charge in [0.15, 0.2) is 0 Å². The largest absolute Gasteiger partial charge is 0.337 e. The lowest BCUT2D eigenvalue weighted by molar-refractivity contribution is 0.211. The van der Waals surface area contributed by atoms with E-state index in [9.17, 15) is 8.78 Å². The summed E-state index contributed by atoms with van der Waals surface area (Å²) in [6, 6.07) is 22.8.